The molecule has 1 aliphatic heterocycles. The second-order valence-corrected chi connectivity index (χ2v) is 6.57. The molecular formula is C18H24N2O. The predicted molar refractivity (Wildman–Crippen MR) is 85.4 cm³/mol. The zero-order valence-corrected chi connectivity index (χ0v) is 13.2. The summed E-state index contributed by atoms with van der Waals surface area (Å²) in [6, 6.07) is 10.5. The number of nitrogens with zero attached hydrogens (tertiary/aromatic N) is 2. The minimum Gasteiger partial charge on any atom is -0.345 e. The number of carbonyl (C=O) groups is 1. The Morgan fingerprint density at radius 2 is 2.05 bits per heavy atom. The lowest BCUT2D eigenvalue weighted by molar-refractivity contribution is -0.132. The molecule has 1 aromatic rings. The normalized spacial score (nSPS) is 32.3. The van der Waals surface area contributed by atoms with Gasteiger partial charge in [-0.1, -0.05) is 37.3 Å². The number of aliphatic imine (C=N–C) groups is 1. The number of amides is 1. The molecule has 21 heavy (non-hydrogen) atoms. The fourth-order valence-corrected chi connectivity index (χ4v) is 4.08. The summed E-state index contributed by atoms with van der Waals surface area (Å²) in [6.07, 6.45) is 3.03. The van der Waals surface area contributed by atoms with Crippen LogP contribution in [0, 0.1) is 11.3 Å². The third-order valence-electron chi connectivity index (χ3n) is 5.25. The average molecular weight is 284 g/mol. The smallest absolute Gasteiger partial charge is 0.234 e. The highest BCUT2D eigenvalue weighted by atomic mass is 16.2. The van der Waals surface area contributed by atoms with E-state index in [-0.39, 0.29) is 17.4 Å². The Labute approximate surface area is 127 Å². The number of hydrogen-bond acceptors (Lipinski definition) is 2. The van der Waals surface area contributed by atoms with E-state index < -0.39 is 0 Å². The van der Waals surface area contributed by atoms with E-state index in [9.17, 15) is 4.79 Å². The van der Waals surface area contributed by atoms with Gasteiger partial charge in [-0.2, -0.15) is 0 Å². The van der Waals surface area contributed by atoms with E-state index in [1.54, 1.807) is 0 Å². The topological polar surface area (TPSA) is 32.7 Å². The fraction of sp³-hybridized carbons (Fsp3) is 0.556. The Morgan fingerprint density at radius 1 is 1.33 bits per heavy atom. The van der Waals surface area contributed by atoms with Gasteiger partial charge in [0.25, 0.3) is 0 Å². The van der Waals surface area contributed by atoms with Crippen molar-refractivity contribution in [3.63, 3.8) is 0 Å². The van der Waals surface area contributed by atoms with Crippen LogP contribution >= 0.6 is 0 Å². The Morgan fingerprint density at radius 3 is 2.67 bits per heavy atom. The summed E-state index contributed by atoms with van der Waals surface area (Å²) >= 11 is 0. The summed E-state index contributed by atoms with van der Waals surface area (Å²) in [7, 11) is 1.92. The quantitative estimate of drug-likeness (QED) is 0.818. The summed E-state index contributed by atoms with van der Waals surface area (Å²) in [5.41, 5.74) is 2.05. The molecule has 1 saturated heterocycles. The largest absolute Gasteiger partial charge is 0.345 e. The molecular weight excluding hydrogens is 260 g/mol. The van der Waals surface area contributed by atoms with Gasteiger partial charge in [0.05, 0.1) is 11.5 Å². The van der Waals surface area contributed by atoms with E-state index >= 15 is 0 Å². The number of likely N-dealkylation sites (tertiary alicyclic amines) is 1. The van der Waals surface area contributed by atoms with Crippen molar-refractivity contribution in [1.29, 1.82) is 0 Å². The molecule has 3 rings (SSSR count). The molecule has 2 fully saturated rings. The zero-order valence-electron chi connectivity index (χ0n) is 13.2. The van der Waals surface area contributed by atoms with E-state index in [2.05, 4.69) is 26.0 Å². The van der Waals surface area contributed by atoms with Crippen LogP contribution in [0.2, 0.25) is 0 Å². The first-order chi connectivity index (χ1) is 10.1. The molecule has 0 N–H and O–H groups in total. The maximum atomic E-state index is 12.7. The lowest BCUT2D eigenvalue weighted by Gasteiger charge is -2.27. The number of carbonyl (C=O) groups excluding carboxylic acids is 1. The standard InChI is InChI=1S/C18H24N2O/c1-13-12-20(3)17(21)18(13)11-7-10-16(18)19-14(2)15-8-5-4-6-9-15/h4-6,8-9,13-14H,7,10-12H2,1-3H3/t13-,14-,18+/m1/s1. The van der Waals surface area contributed by atoms with Crippen molar-refractivity contribution in [3.8, 4) is 0 Å². The average Bonchev–Trinajstić information content (AvgIpc) is 2.99. The molecule has 0 unspecified atom stereocenters. The molecule has 3 heteroatoms. The van der Waals surface area contributed by atoms with Crippen LogP contribution in [0.25, 0.3) is 0 Å². The van der Waals surface area contributed by atoms with E-state index in [0.717, 1.165) is 31.5 Å². The van der Waals surface area contributed by atoms with Crippen LogP contribution in [-0.2, 0) is 4.79 Å². The molecule has 1 spiro atoms. The molecule has 3 nitrogen and oxygen atoms in total. The third kappa shape index (κ3) is 2.19. The van der Waals surface area contributed by atoms with Gasteiger partial charge in [-0.25, -0.2) is 0 Å². The lowest BCUT2D eigenvalue weighted by atomic mass is 9.75. The van der Waals surface area contributed by atoms with Crippen molar-refractivity contribution < 1.29 is 4.79 Å². The van der Waals surface area contributed by atoms with Crippen molar-refractivity contribution in [2.45, 2.75) is 39.2 Å². The summed E-state index contributed by atoms with van der Waals surface area (Å²) in [5, 5.41) is 0. The van der Waals surface area contributed by atoms with E-state index in [1.807, 2.05) is 30.1 Å². The number of rotatable bonds is 2. The minimum absolute atomic E-state index is 0.127. The van der Waals surface area contributed by atoms with E-state index in [1.165, 1.54) is 5.56 Å². The Balaban J connectivity index is 1.94. The fourth-order valence-electron chi connectivity index (χ4n) is 4.08. The molecule has 1 aromatic carbocycles. The van der Waals surface area contributed by atoms with Crippen molar-refractivity contribution in [2.75, 3.05) is 13.6 Å². The first-order valence-corrected chi connectivity index (χ1v) is 7.93. The summed E-state index contributed by atoms with van der Waals surface area (Å²) < 4.78 is 0. The van der Waals surface area contributed by atoms with Crippen LogP contribution in [0.3, 0.4) is 0 Å². The van der Waals surface area contributed by atoms with Crippen LogP contribution in [0.4, 0.5) is 0 Å². The Bertz CT molecular complexity index is 566. The first-order valence-electron chi connectivity index (χ1n) is 7.93. The highest BCUT2D eigenvalue weighted by molar-refractivity contribution is 6.11. The molecule has 0 radical (unpaired) electrons. The van der Waals surface area contributed by atoms with Crippen LogP contribution in [0.15, 0.2) is 35.3 Å². The summed E-state index contributed by atoms with van der Waals surface area (Å²) in [5.74, 6) is 0.658. The van der Waals surface area contributed by atoms with Crippen molar-refractivity contribution in [2.24, 2.45) is 16.3 Å². The van der Waals surface area contributed by atoms with E-state index in [4.69, 9.17) is 4.99 Å². The van der Waals surface area contributed by atoms with E-state index in [0.29, 0.717) is 5.92 Å². The third-order valence-corrected chi connectivity index (χ3v) is 5.25. The van der Waals surface area contributed by atoms with Gasteiger partial charge in [-0.3, -0.25) is 9.79 Å². The molecule has 0 bridgehead atoms. The lowest BCUT2D eigenvalue weighted by Crippen LogP contribution is -2.38. The molecule has 0 aromatic heterocycles. The molecule has 1 heterocycles. The van der Waals surface area contributed by atoms with Gasteiger partial charge >= 0.3 is 0 Å². The summed E-state index contributed by atoms with van der Waals surface area (Å²) in [4.78, 5) is 19.6. The van der Waals surface area contributed by atoms with Gasteiger partial charge < -0.3 is 4.90 Å². The second-order valence-electron chi connectivity index (χ2n) is 6.57. The van der Waals surface area contributed by atoms with Gasteiger partial charge in [0.1, 0.15) is 0 Å². The second kappa shape index (κ2) is 5.28. The monoisotopic (exact) mass is 284 g/mol. The van der Waals surface area contributed by atoms with Crippen LogP contribution in [-0.4, -0.2) is 30.1 Å². The SMILES string of the molecule is C[C@@H]1CN(C)C(=O)[C@@]12CCCC2=N[C@H](C)c1ccccc1. The molecule has 112 valence electrons. The Kier molecular flexibility index (Phi) is 3.60. The van der Waals surface area contributed by atoms with Crippen LogP contribution in [0.1, 0.15) is 44.7 Å². The maximum absolute atomic E-state index is 12.7. The van der Waals surface area contributed by atoms with Crippen molar-refractivity contribution in [3.05, 3.63) is 35.9 Å². The van der Waals surface area contributed by atoms with Crippen molar-refractivity contribution >= 4 is 11.6 Å². The molecule has 1 amide bonds. The van der Waals surface area contributed by atoms with Crippen LogP contribution < -0.4 is 0 Å². The van der Waals surface area contributed by atoms with Gasteiger partial charge in [0, 0.05) is 19.3 Å². The molecule has 1 saturated carbocycles. The van der Waals surface area contributed by atoms with Gasteiger partial charge in [0.15, 0.2) is 0 Å². The molecule has 2 aliphatic rings. The molecule has 3 atom stereocenters. The highest BCUT2D eigenvalue weighted by Crippen LogP contribution is 2.48. The zero-order chi connectivity index (χ0) is 15.0. The highest BCUT2D eigenvalue weighted by Gasteiger charge is 2.56. The first kappa shape index (κ1) is 14.3. The van der Waals surface area contributed by atoms with Gasteiger partial charge in [-0.05, 0) is 37.7 Å². The van der Waals surface area contributed by atoms with Gasteiger partial charge in [0.2, 0.25) is 5.91 Å². The number of hydrogen-bond donors (Lipinski definition) is 0. The van der Waals surface area contributed by atoms with Crippen LogP contribution in [0.5, 0.6) is 0 Å². The maximum Gasteiger partial charge on any atom is 0.234 e. The molecule has 1 aliphatic carbocycles. The minimum atomic E-state index is -0.308. The number of benzene rings is 1. The van der Waals surface area contributed by atoms with Crippen molar-refractivity contribution in [1.82, 2.24) is 4.90 Å². The van der Waals surface area contributed by atoms with Gasteiger partial charge in [-0.15, -0.1) is 0 Å². The predicted octanol–water partition coefficient (Wildman–Crippen LogP) is 3.47. The Hall–Kier alpha value is -1.64. The summed E-state index contributed by atoms with van der Waals surface area (Å²) in [6.45, 7) is 5.19.